The molecule has 188 valence electrons. The largest absolute Gasteiger partial charge is 0.353 e. The van der Waals surface area contributed by atoms with Crippen LogP contribution in [0.1, 0.15) is 30.7 Å². The highest BCUT2D eigenvalue weighted by Crippen LogP contribution is 2.31. The van der Waals surface area contributed by atoms with Gasteiger partial charge in [-0.25, -0.2) is 4.98 Å². The number of rotatable bonds is 5. The molecule has 3 aromatic rings. The average Bonchev–Trinajstić information content (AvgIpc) is 3.57. The lowest BCUT2D eigenvalue weighted by atomic mass is 10.0. The summed E-state index contributed by atoms with van der Waals surface area (Å²) in [6.45, 7) is 2.83. The maximum absolute atomic E-state index is 13.2. The number of benzene rings is 2. The Hall–Kier alpha value is -3.23. The SMILES string of the molecule is CN1C(CCC(=O)N2CCc3ccccc32)CNC(=O)C2C1CCN2Cc1nc2ccccc2n1C. The van der Waals surface area contributed by atoms with E-state index in [1.165, 1.54) is 5.56 Å². The van der Waals surface area contributed by atoms with Crippen molar-refractivity contribution < 1.29 is 9.59 Å². The molecule has 3 aliphatic heterocycles. The number of amides is 2. The van der Waals surface area contributed by atoms with E-state index in [2.05, 4.69) is 38.9 Å². The number of hydrogen-bond acceptors (Lipinski definition) is 5. The van der Waals surface area contributed by atoms with Crippen LogP contribution in [-0.4, -0.2) is 76.0 Å². The van der Waals surface area contributed by atoms with Crippen LogP contribution in [0.4, 0.5) is 5.69 Å². The Morgan fingerprint density at radius 2 is 1.89 bits per heavy atom. The number of nitrogens with one attached hydrogen (secondary N) is 1. The molecule has 6 rings (SSSR count). The van der Waals surface area contributed by atoms with E-state index in [0.717, 1.165) is 54.9 Å². The molecule has 2 fully saturated rings. The van der Waals surface area contributed by atoms with Crippen LogP contribution >= 0.6 is 0 Å². The maximum atomic E-state index is 13.2. The van der Waals surface area contributed by atoms with Crippen LogP contribution in [0.2, 0.25) is 0 Å². The van der Waals surface area contributed by atoms with Crippen molar-refractivity contribution in [2.75, 3.05) is 31.6 Å². The van der Waals surface area contributed by atoms with Crippen LogP contribution in [0.5, 0.6) is 0 Å². The Kier molecular flexibility index (Phi) is 6.01. The molecular formula is C28H34N6O2. The first-order valence-corrected chi connectivity index (χ1v) is 13.0. The predicted octanol–water partition coefficient (Wildman–Crippen LogP) is 2.32. The molecule has 8 nitrogen and oxygen atoms in total. The third-order valence-corrected chi connectivity index (χ3v) is 8.45. The third kappa shape index (κ3) is 3.98. The van der Waals surface area contributed by atoms with Gasteiger partial charge >= 0.3 is 0 Å². The molecule has 2 amide bonds. The first-order valence-electron chi connectivity index (χ1n) is 13.0. The summed E-state index contributed by atoms with van der Waals surface area (Å²) in [5, 5.41) is 3.19. The van der Waals surface area contributed by atoms with Gasteiger partial charge in [0.2, 0.25) is 11.8 Å². The van der Waals surface area contributed by atoms with Crippen molar-refractivity contribution in [1.29, 1.82) is 0 Å². The Morgan fingerprint density at radius 1 is 1.08 bits per heavy atom. The quantitative estimate of drug-likeness (QED) is 0.599. The lowest BCUT2D eigenvalue weighted by Gasteiger charge is -2.33. The summed E-state index contributed by atoms with van der Waals surface area (Å²) in [4.78, 5) is 37.7. The summed E-state index contributed by atoms with van der Waals surface area (Å²) in [6.07, 6.45) is 3.08. The van der Waals surface area contributed by atoms with Gasteiger partial charge in [0.05, 0.1) is 17.6 Å². The Labute approximate surface area is 211 Å². The van der Waals surface area contributed by atoms with Crippen molar-refractivity contribution in [3.8, 4) is 0 Å². The third-order valence-electron chi connectivity index (χ3n) is 8.45. The van der Waals surface area contributed by atoms with E-state index >= 15 is 0 Å². The fourth-order valence-electron chi connectivity index (χ4n) is 6.37. The van der Waals surface area contributed by atoms with Crippen molar-refractivity contribution in [2.45, 2.75) is 50.4 Å². The number of likely N-dealkylation sites (tertiary alicyclic amines) is 1. The lowest BCUT2D eigenvalue weighted by Crippen LogP contribution is -2.49. The minimum atomic E-state index is -0.207. The molecule has 8 heteroatoms. The zero-order chi connectivity index (χ0) is 24.8. The van der Waals surface area contributed by atoms with E-state index in [9.17, 15) is 9.59 Å². The molecule has 1 aromatic heterocycles. The van der Waals surface area contributed by atoms with E-state index < -0.39 is 0 Å². The number of likely N-dealkylation sites (N-methyl/N-ethyl adjacent to an activating group) is 1. The van der Waals surface area contributed by atoms with Crippen LogP contribution in [-0.2, 0) is 29.6 Å². The van der Waals surface area contributed by atoms with Crippen molar-refractivity contribution >= 4 is 28.5 Å². The van der Waals surface area contributed by atoms with Crippen molar-refractivity contribution in [3.05, 3.63) is 59.9 Å². The number of anilines is 1. The number of carbonyl (C=O) groups excluding carboxylic acids is 2. The zero-order valence-electron chi connectivity index (χ0n) is 21.1. The van der Waals surface area contributed by atoms with E-state index in [1.807, 2.05) is 48.3 Å². The number of imidazole rings is 1. The second kappa shape index (κ2) is 9.33. The second-order valence-corrected chi connectivity index (χ2v) is 10.4. The summed E-state index contributed by atoms with van der Waals surface area (Å²) in [7, 11) is 4.17. The van der Waals surface area contributed by atoms with Crippen molar-refractivity contribution in [3.63, 3.8) is 0 Å². The van der Waals surface area contributed by atoms with Crippen LogP contribution in [0.15, 0.2) is 48.5 Å². The Morgan fingerprint density at radius 3 is 2.75 bits per heavy atom. The highest BCUT2D eigenvalue weighted by Gasteiger charge is 2.45. The smallest absolute Gasteiger partial charge is 0.239 e. The molecule has 0 aliphatic carbocycles. The topological polar surface area (TPSA) is 73.7 Å². The molecule has 0 radical (unpaired) electrons. The fraction of sp³-hybridized carbons (Fsp3) is 0.464. The van der Waals surface area contributed by atoms with Crippen LogP contribution < -0.4 is 10.2 Å². The average molecular weight is 487 g/mol. The van der Waals surface area contributed by atoms with Crippen LogP contribution in [0.25, 0.3) is 11.0 Å². The number of para-hydroxylation sites is 3. The Balaban J connectivity index is 1.13. The van der Waals surface area contributed by atoms with Gasteiger partial charge in [0, 0.05) is 50.9 Å². The van der Waals surface area contributed by atoms with E-state index in [4.69, 9.17) is 4.98 Å². The Bertz CT molecular complexity index is 1300. The number of aryl methyl sites for hydroxylation is 1. The van der Waals surface area contributed by atoms with E-state index in [0.29, 0.717) is 19.5 Å². The summed E-state index contributed by atoms with van der Waals surface area (Å²) in [5.41, 5.74) is 4.40. The molecule has 3 aliphatic rings. The van der Waals surface area contributed by atoms with E-state index in [1.54, 1.807) is 0 Å². The number of hydrogen-bond donors (Lipinski definition) is 1. The summed E-state index contributed by atoms with van der Waals surface area (Å²) in [5.74, 6) is 1.24. The summed E-state index contributed by atoms with van der Waals surface area (Å²) >= 11 is 0. The van der Waals surface area contributed by atoms with Gasteiger partial charge in [0.1, 0.15) is 11.9 Å². The molecule has 0 spiro atoms. The molecule has 1 N–H and O–H groups in total. The molecule has 3 unspecified atom stereocenters. The second-order valence-electron chi connectivity index (χ2n) is 10.4. The number of carbonyl (C=O) groups is 2. The van der Waals surface area contributed by atoms with Crippen LogP contribution in [0.3, 0.4) is 0 Å². The molecule has 0 bridgehead atoms. The van der Waals surface area contributed by atoms with Crippen molar-refractivity contribution in [2.24, 2.45) is 7.05 Å². The van der Waals surface area contributed by atoms with Gasteiger partial charge in [0.15, 0.2) is 0 Å². The molecule has 3 atom stereocenters. The van der Waals surface area contributed by atoms with Gasteiger partial charge in [-0.2, -0.15) is 0 Å². The predicted molar refractivity (Wildman–Crippen MR) is 140 cm³/mol. The van der Waals surface area contributed by atoms with Gasteiger partial charge in [-0.3, -0.25) is 19.4 Å². The highest BCUT2D eigenvalue weighted by atomic mass is 16.2. The normalized spacial score (nSPS) is 24.6. The monoisotopic (exact) mass is 486 g/mol. The first-order chi connectivity index (χ1) is 17.5. The number of aromatic nitrogens is 2. The van der Waals surface area contributed by atoms with Gasteiger partial charge in [-0.1, -0.05) is 30.3 Å². The van der Waals surface area contributed by atoms with Gasteiger partial charge in [-0.05, 0) is 50.1 Å². The maximum Gasteiger partial charge on any atom is 0.239 e. The van der Waals surface area contributed by atoms with Crippen molar-refractivity contribution in [1.82, 2.24) is 24.7 Å². The van der Waals surface area contributed by atoms with Gasteiger partial charge in [0.25, 0.3) is 0 Å². The molecule has 36 heavy (non-hydrogen) atoms. The molecule has 0 saturated carbocycles. The number of fused-ring (bicyclic) bond motifs is 3. The number of nitrogens with zero attached hydrogens (tertiary/aromatic N) is 5. The summed E-state index contributed by atoms with van der Waals surface area (Å²) < 4.78 is 2.13. The zero-order valence-corrected chi connectivity index (χ0v) is 21.1. The van der Waals surface area contributed by atoms with Crippen LogP contribution in [0, 0.1) is 0 Å². The van der Waals surface area contributed by atoms with Gasteiger partial charge < -0.3 is 14.8 Å². The standard InChI is InChI=1S/C28H34N6O2/c1-31-20(11-12-26(35)34-16-13-19-7-3-5-9-22(19)34)17-29-28(36)27-24(31)14-15-33(27)18-25-30-21-8-4-6-10-23(21)32(25)2/h3-10,20,24,27H,11-18H2,1-2H3,(H,29,36). The van der Waals surface area contributed by atoms with Gasteiger partial charge in [-0.15, -0.1) is 0 Å². The lowest BCUT2D eigenvalue weighted by molar-refractivity contribution is -0.126. The first kappa shape index (κ1) is 23.2. The molecular weight excluding hydrogens is 452 g/mol. The highest BCUT2D eigenvalue weighted by molar-refractivity contribution is 5.95. The minimum absolute atomic E-state index is 0.0883. The molecule has 2 aromatic carbocycles. The fourth-order valence-corrected chi connectivity index (χ4v) is 6.37. The summed E-state index contributed by atoms with van der Waals surface area (Å²) in [6, 6.07) is 16.4. The minimum Gasteiger partial charge on any atom is -0.353 e. The molecule has 4 heterocycles. The van der Waals surface area contributed by atoms with E-state index in [-0.39, 0.29) is 29.9 Å². The molecule has 2 saturated heterocycles.